The highest BCUT2D eigenvalue weighted by molar-refractivity contribution is 5.88. The van der Waals surface area contributed by atoms with Crippen molar-refractivity contribution in [3.05, 3.63) is 35.9 Å². The lowest BCUT2D eigenvalue weighted by Crippen LogP contribution is -2.56. The molecule has 1 aliphatic heterocycles. The summed E-state index contributed by atoms with van der Waals surface area (Å²) in [5, 5.41) is 5.63. The number of nitrogens with zero attached hydrogens (tertiary/aromatic N) is 1. The van der Waals surface area contributed by atoms with E-state index in [1.807, 2.05) is 25.1 Å². The van der Waals surface area contributed by atoms with E-state index in [0.717, 1.165) is 25.9 Å². The third-order valence-electron chi connectivity index (χ3n) is 3.95. The van der Waals surface area contributed by atoms with Crippen LogP contribution in [0.25, 0.3) is 0 Å². The van der Waals surface area contributed by atoms with Crippen molar-refractivity contribution in [1.82, 2.24) is 15.5 Å². The van der Waals surface area contributed by atoms with Crippen molar-refractivity contribution in [1.29, 1.82) is 0 Å². The van der Waals surface area contributed by atoms with Crippen molar-refractivity contribution in [2.75, 3.05) is 26.2 Å². The molecule has 1 atom stereocenters. The minimum atomic E-state index is -0.337. The number of benzene rings is 1. The highest BCUT2D eigenvalue weighted by atomic mass is 16.2. The van der Waals surface area contributed by atoms with Gasteiger partial charge in [-0.15, -0.1) is 0 Å². The molecule has 1 fully saturated rings. The molecule has 0 unspecified atom stereocenters. The number of carbonyl (C=O) groups excluding carboxylic acids is 2. The topological polar surface area (TPSA) is 61.4 Å². The monoisotopic (exact) mass is 303 g/mol. The fourth-order valence-electron chi connectivity index (χ4n) is 2.83. The molecular formula is C17H25N3O2. The van der Waals surface area contributed by atoms with E-state index in [1.165, 1.54) is 5.56 Å². The molecule has 0 saturated carbocycles. The molecule has 0 radical (unpaired) electrons. The van der Waals surface area contributed by atoms with Crippen molar-refractivity contribution >= 4 is 11.8 Å². The molecule has 1 heterocycles. The van der Waals surface area contributed by atoms with Crippen LogP contribution < -0.4 is 10.6 Å². The van der Waals surface area contributed by atoms with Gasteiger partial charge in [0.15, 0.2) is 0 Å². The number of nitrogens with one attached hydrogen (secondary N) is 2. The van der Waals surface area contributed by atoms with Gasteiger partial charge in [-0.3, -0.25) is 14.5 Å². The minimum absolute atomic E-state index is 0.0304. The Morgan fingerprint density at radius 1 is 1.36 bits per heavy atom. The molecule has 5 nitrogen and oxygen atoms in total. The highest BCUT2D eigenvalue weighted by Crippen LogP contribution is 2.11. The van der Waals surface area contributed by atoms with Crippen LogP contribution in [0, 0.1) is 0 Å². The van der Waals surface area contributed by atoms with Gasteiger partial charge in [-0.05, 0) is 31.9 Å². The quantitative estimate of drug-likeness (QED) is 0.788. The molecule has 1 saturated heterocycles. The zero-order chi connectivity index (χ0) is 15.8. The largest absolute Gasteiger partial charge is 0.356 e. The third-order valence-corrected chi connectivity index (χ3v) is 3.95. The molecule has 0 aliphatic carbocycles. The van der Waals surface area contributed by atoms with Crippen LogP contribution in [0.3, 0.4) is 0 Å². The molecular weight excluding hydrogens is 278 g/mol. The lowest BCUT2D eigenvalue weighted by Gasteiger charge is -2.34. The molecule has 2 amide bonds. The van der Waals surface area contributed by atoms with E-state index >= 15 is 0 Å². The summed E-state index contributed by atoms with van der Waals surface area (Å²) in [7, 11) is 0. The van der Waals surface area contributed by atoms with Crippen LogP contribution in [0.2, 0.25) is 0 Å². The number of amides is 2. The van der Waals surface area contributed by atoms with E-state index in [4.69, 9.17) is 0 Å². The van der Waals surface area contributed by atoms with Gasteiger partial charge in [-0.25, -0.2) is 0 Å². The van der Waals surface area contributed by atoms with Crippen LogP contribution in [0.1, 0.15) is 25.3 Å². The van der Waals surface area contributed by atoms with Gasteiger partial charge >= 0.3 is 0 Å². The van der Waals surface area contributed by atoms with Crippen molar-refractivity contribution in [3.8, 4) is 0 Å². The molecule has 22 heavy (non-hydrogen) atoms. The van der Waals surface area contributed by atoms with Gasteiger partial charge in [0.25, 0.3) is 0 Å². The highest BCUT2D eigenvalue weighted by Gasteiger charge is 2.30. The Balaban J connectivity index is 1.86. The number of aryl methyl sites for hydroxylation is 1. The van der Waals surface area contributed by atoms with Gasteiger partial charge in [-0.1, -0.05) is 30.3 Å². The summed E-state index contributed by atoms with van der Waals surface area (Å²) in [5.41, 5.74) is 1.31. The predicted molar refractivity (Wildman–Crippen MR) is 86.4 cm³/mol. The molecule has 0 bridgehead atoms. The molecule has 120 valence electrons. The first-order chi connectivity index (χ1) is 10.7. The van der Waals surface area contributed by atoms with Crippen LogP contribution >= 0.6 is 0 Å². The summed E-state index contributed by atoms with van der Waals surface area (Å²) in [6, 6.07) is 10.0. The van der Waals surface area contributed by atoms with E-state index in [2.05, 4.69) is 27.7 Å². The van der Waals surface area contributed by atoms with E-state index in [9.17, 15) is 9.59 Å². The van der Waals surface area contributed by atoms with E-state index in [-0.39, 0.29) is 24.3 Å². The summed E-state index contributed by atoms with van der Waals surface area (Å²) < 4.78 is 0. The van der Waals surface area contributed by atoms with Crippen LogP contribution in [0.4, 0.5) is 0 Å². The fourth-order valence-corrected chi connectivity index (χ4v) is 2.83. The molecule has 5 heteroatoms. The Morgan fingerprint density at radius 2 is 2.14 bits per heavy atom. The number of rotatable bonds is 7. The first-order valence-electron chi connectivity index (χ1n) is 8.03. The maximum Gasteiger partial charge on any atom is 0.237 e. The Labute approximate surface area is 132 Å². The first kappa shape index (κ1) is 16.5. The second-order valence-electron chi connectivity index (χ2n) is 5.59. The molecule has 1 aromatic carbocycles. The zero-order valence-corrected chi connectivity index (χ0v) is 13.2. The van der Waals surface area contributed by atoms with Gasteiger partial charge in [0.2, 0.25) is 11.8 Å². The van der Waals surface area contributed by atoms with E-state index < -0.39 is 0 Å². The standard InChI is InChI=1S/C17H25N3O2/c1-2-18-16(21)13-15-17(22)19-10-12-20(15)11-6-9-14-7-4-3-5-8-14/h3-5,7-8,15H,2,6,9-13H2,1H3,(H,18,21)(H,19,22)/t15-/m0/s1. The molecule has 0 aromatic heterocycles. The van der Waals surface area contributed by atoms with Gasteiger partial charge in [0.1, 0.15) is 0 Å². The van der Waals surface area contributed by atoms with Gasteiger partial charge in [0, 0.05) is 19.6 Å². The summed E-state index contributed by atoms with van der Waals surface area (Å²) in [6.07, 6.45) is 2.22. The van der Waals surface area contributed by atoms with Crippen molar-refractivity contribution < 1.29 is 9.59 Å². The Morgan fingerprint density at radius 3 is 2.86 bits per heavy atom. The molecule has 1 aliphatic rings. The summed E-state index contributed by atoms with van der Waals surface area (Å²) in [5.74, 6) is -0.0881. The summed E-state index contributed by atoms with van der Waals surface area (Å²) in [6.45, 7) is 4.80. The molecule has 2 rings (SSSR count). The normalized spacial score (nSPS) is 18.8. The zero-order valence-electron chi connectivity index (χ0n) is 13.2. The first-order valence-corrected chi connectivity index (χ1v) is 8.03. The lowest BCUT2D eigenvalue weighted by molar-refractivity contribution is -0.133. The number of hydrogen-bond donors (Lipinski definition) is 2. The third kappa shape index (κ3) is 4.84. The average molecular weight is 303 g/mol. The maximum atomic E-state index is 12.0. The Bertz CT molecular complexity index is 490. The van der Waals surface area contributed by atoms with Crippen molar-refractivity contribution in [2.45, 2.75) is 32.2 Å². The van der Waals surface area contributed by atoms with Crippen LogP contribution in [-0.2, 0) is 16.0 Å². The second kappa shape index (κ2) is 8.54. The average Bonchev–Trinajstić information content (AvgIpc) is 2.52. The number of piperazine rings is 1. The summed E-state index contributed by atoms with van der Waals surface area (Å²) >= 11 is 0. The maximum absolute atomic E-state index is 12.0. The Kier molecular flexibility index (Phi) is 6.40. The van der Waals surface area contributed by atoms with Crippen LogP contribution in [-0.4, -0.2) is 48.9 Å². The molecule has 2 N–H and O–H groups in total. The Hall–Kier alpha value is -1.88. The van der Waals surface area contributed by atoms with Crippen LogP contribution in [0.5, 0.6) is 0 Å². The molecule has 0 spiro atoms. The summed E-state index contributed by atoms with van der Waals surface area (Å²) in [4.78, 5) is 26.0. The van der Waals surface area contributed by atoms with Crippen molar-refractivity contribution in [2.24, 2.45) is 0 Å². The van der Waals surface area contributed by atoms with Crippen molar-refractivity contribution in [3.63, 3.8) is 0 Å². The predicted octanol–water partition coefficient (Wildman–Crippen LogP) is 0.946. The molecule has 1 aromatic rings. The fraction of sp³-hybridized carbons (Fsp3) is 0.529. The number of hydrogen-bond acceptors (Lipinski definition) is 3. The van der Waals surface area contributed by atoms with E-state index in [1.54, 1.807) is 0 Å². The van der Waals surface area contributed by atoms with Gasteiger partial charge in [-0.2, -0.15) is 0 Å². The van der Waals surface area contributed by atoms with Gasteiger partial charge in [0.05, 0.1) is 12.5 Å². The van der Waals surface area contributed by atoms with Gasteiger partial charge < -0.3 is 10.6 Å². The van der Waals surface area contributed by atoms with E-state index in [0.29, 0.717) is 13.1 Å². The second-order valence-corrected chi connectivity index (χ2v) is 5.59. The van der Waals surface area contributed by atoms with Crippen LogP contribution in [0.15, 0.2) is 30.3 Å². The smallest absolute Gasteiger partial charge is 0.237 e. The lowest BCUT2D eigenvalue weighted by atomic mass is 10.1. The minimum Gasteiger partial charge on any atom is -0.356 e. The number of carbonyl (C=O) groups is 2. The SMILES string of the molecule is CCNC(=O)C[C@H]1C(=O)NCCN1CCCc1ccccc1.